The summed E-state index contributed by atoms with van der Waals surface area (Å²) in [4.78, 5) is 24.9. The van der Waals surface area contributed by atoms with Gasteiger partial charge >= 0.3 is 5.69 Å². The standard InChI is InChI=1S/C19H20Cl2N4O3/c1-2-3-14(26)9-22-18(27)13-5-7-17-23-25(19(28)24(17)11-13)10-12-4-6-15(20)16(21)8-12/h4-8,11,14,26H,2-3,9-10H2,1H3,(H,22,27). The number of amides is 1. The van der Waals surface area contributed by atoms with Gasteiger partial charge in [-0.05, 0) is 36.2 Å². The lowest BCUT2D eigenvalue weighted by Crippen LogP contribution is -2.32. The number of carbonyl (C=O) groups is 1. The molecule has 1 atom stereocenters. The van der Waals surface area contributed by atoms with Gasteiger partial charge in [-0.15, -0.1) is 5.10 Å². The molecule has 0 aliphatic carbocycles. The number of hydrogen-bond acceptors (Lipinski definition) is 4. The fraction of sp³-hybridized carbons (Fsp3) is 0.316. The van der Waals surface area contributed by atoms with Crippen LogP contribution in [-0.4, -0.2) is 37.8 Å². The van der Waals surface area contributed by atoms with E-state index in [1.807, 2.05) is 6.92 Å². The topological polar surface area (TPSA) is 88.6 Å². The minimum absolute atomic E-state index is 0.163. The summed E-state index contributed by atoms with van der Waals surface area (Å²) in [5, 5.41) is 17.5. The van der Waals surface area contributed by atoms with Gasteiger partial charge in [-0.3, -0.25) is 4.79 Å². The number of aliphatic hydroxyl groups is 1. The molecule has 1 aromatic carbocycles. The van der Waals surface area contributed by atoms with E-state index in [-0.39, 0.29) is 24.7 Å². The van der Waals surface area contributed by atoms with E-state index in [1.165, 1.54) is 15.3 Å². The van der Waals surface area contributed by atoms with E-state index >= 15 is 0 Å². The first-order chi connectivity index (χ1) is 13.4. The Kier molecular flexibility index (Phi) is 6.39. The first-order valence-corrected chi connectivity index (χ1v) is 9.64. The highest BCUT2D eigenvalue weighted by Gasteiger charge is 2.13. The number of nitrogens with one attached hydrogen (secondary N) is 1. The highest BCUT2D eigenvalue weighted by atomic mass is 35.5. The number of halogens is 2. The van der Waals surface area contributed by atoms with Gasteiger partial charge in [0.15, 0.2) is 5.65 Å². The second-order valence-electron chi connectivity index (χ2n) is 6.49. The molecule has 0 spiro atoms. The summed E-state index contributed by atoms with van der Waals surface area (Å²) in [6.45, 7) is 2.35. The van der Waals surface area contributed by atoms with Gasteiger partial charge in [0.2, 0.25) is 0 Å². The molecular weight excluding hydrogens is 403 g/mol. The monoisotopic (exact) mass is 422 g/mol. The van der Waals surface area contributed by atoms with Crippen molar-refractivity contribution in [3.63, 3.8) is 0 Å². The fourth-order valence-electron chi connectivity index (χ4n) is 2.81. The number of aliphatic hydroxyl groups excluding tert-OH is 1. The van der Waals surface area contributed by atoms with Crippen molar-refractivity contribution in [3.8, 4) is 0 Å². The first kappa shape index (κ1) is 20.4. The Morgan fingerprint density at radius 1 is 1.25 bits per heavy atom. The van der Waals surface area contributed by atoms with E-state index in [2.05, 4.69) is 10.4 Å². The van der Waals surface area contributed by atoms with Gasteiger partial charge in [0.05, 0.1) is 28.3 Å². The average Bonchev–Trinajstić information content (AvgIpc) is 2.98. The number of fused-ring (bicyclic) bond motifs is 1. The summed E-state index contributed by atoms with van der Waals surface area (Å²) in [6.07, 6.45) is 2.29. The Labute approximate surface area is 171 Å². The summed E-state index contributed by atoms with van der Waals surface area (Å²) in [5.74, 6) is -0.360. The van der Waals surface area contributed by atoms with E-state index in [0.717, 1.165) is 12.0 Å². The van der Waals surface area contributed by atoms with Crippen LogP contribution in [0.2, 0.25) is 10.0 Å². The van der Waals surface area contributed by atoms with E-state index in [0.29, 0.717) is 27.7 Å². The van der Waals surface area contributed by atoms with Gasteiger partial charge in [0.1, 0.15) is 0 Å². The van der Waals surface area contributed by atoms with Crippen molar-refractivity contribution in [2.75, 3.05) is 6.54 Å². The molecule has 3 aromatic rings. The summed E-state index contributed by atoms with van der Waals surface area (Å²) >= 11 is 11.9. The third-order valence-corrected chi connectivity index (χ3v) is 5.01. The number of pyridine rings is 1. The van der Waals surface area contributed by atoms with Gasteiger partial charge in [-0.1, -0.05) is 42.6 Å². The number of aromatic nitrogens is 3. The highest BCUT2D eigenvalue weighted by molar-refractivity contribution is 6.42. The normalized spacial score (nSPS) is 12.3. The molecule has 1 amide bonds. The summed E-state index contributed by atoms with van der Waals surface area (Å²) < 4.78 is 2.61. The number of hydrogen-bond donors (Lipinski definition) is 2. The van der Waals surface area contributed by atoms with Crippen LogP contribution < -0.4 is 11.0 Å². The van der Waals surface area contributed by atoms with Crippen LogP contribution in [-0.2, 0) is 6.54 Å². The second-order valence-corrected chi connectivity index (χ2v) is 7.30. The van der Waals surface area contributed by atoms with Gasteiger partial charge < -0.3 is 10.4 Å². The van der Waals surface area contributed by atoms with Gasteiger partial charge in [0, 0.05) is 12.7 Å². The summed E-state index contributed by atoms with van der Waals surface area (Å²) in [5.41, 5.74) is 1.14. The SMILES string of the molecule is CCCC(O)CNC(=O)c1ccc2nn(Cc3ccc(Cl)c(Cl)c3)c(=O)n2c1. The van der Waals surface area contributed by atoms with Crippen LogP contribution in [0.5, 0.6) is 0 Å². The maximum atomic E-state index is 12.6. The fourth-order valence-corrected chi connectivity index (χ4v) is 3.14. The zero-order valence-electron chi connectivity index (χ0n) is 15.2. The highest BCUT2D eigenvalue weighted by Crippen LogP contribution is 2.22. The number of benzene rings is 1. The van der Waals surface area contributed by atoms with Crippen LogP contribution in [0, 0.1) is 0 Å². The molecule has 3 rings (SSSR count). The van der Waals surface area contributed by atoms with Crippen molar-refractivity contribution in [3.05, 3.63) is 68.2 Å². The molecule has 0 saturated carbocycles. The molecule has 28 heavy (non-hydrogen) atoms. The largest absolute Gasteiger partial charge is 0.391 e. The van der Waals surface area contributed by atoms with Gasteiger partial charge in [-0.2, -0.15) is 0 Å². The van der Waals surface area contributed by atoms with E-state index < -0.39 is 6.10 Å². The third kappa shape index (κ3) is 4.55. The van der Waals surface area contributed by atoms with Gasteiger partial charge in [-0.25, -0.2) is 13.9 Å². The van der Waals surface area contributed by atoms with Gasteiger partial charge in [0.25, 0.3) is 5.91 Å². The molecule has 2 aromatic heterocycles. The Morgan fingerprint density at radius 2 is 2.04 bits per heavy atom. The lowest BCUT2D eigenvalue weighted by Gasteiger charge is -2.10. The lowest BCUT2D eigenvalue weighted by atomic mass is 10.2. The van der Waals surface area contributed by atoms with Crippen LogP contribution >= 0.6 is 23.2 Å². The first-order valence-electron chi connectivity index (χ1n) is 8.88. The summed E-state index contributed by atoms with van der Waals surface area (Å²) in [6, 6.07) is 8.30. The Morgan fingerprint density at radius 3 is 2.75 bits per heavy atom. The smallest absolute Gasteiger partial charge is 0.350 e. The van der Waals surface area contributed by atoms with Crippen molar-refractivity contribution in [1.82, 2.24) is 19.5 Å². The van der Waals surface area contributed by atoms with Crippen LogP contribution in [0.3, 0.4) is 0 Å². The van der Waals surface area contributed by atoms with E-state index in [9.17, 15) is 14.7 Å². The van der Waals surface area contributed by atoms with E-state index in [4.69, 9.17) is 23.2 Å². The predicted octanol–water partition coefficient (Wildman–Crippen LogP) is 2.74. The van der Waals surface area contributed by atoms with Crippen molar-refractivity contribution in [1.29, 1.82) is 0 Å². The minimum atomic E-state index is -0.589. The molecule has 9 heteroatoms. The third-order valence-electron chi connectivity index (χ3n) is 4.28. The molecule has 0 radical (unpaired) electrons. The molecule has 0 saturated heterocycles. The number of nitrogens with zero attached hydrogens (tertiary/aromatic N) is 3. The molecule has 0 aliphatic rings. The zero-order valence-corrected chi connectivity index (χ0v) is 16.7. The van der Waals surface area contributed by atoms with Crippen molar-refractivity contribution in [2.45, 2.75) is 32.4 Å². The average molecular weight is 423 g/mol. The van der Waals surface area contributed by atoms with Crippen LogP contribution in [0.25, 0.3) is 5.65 Å². The predicted molar refractivity (Wildman–Crippen MR) is 108 cm³/mol. The molecule has 2 N–H and O–H groups in total. The Bertz CT molecular complexity index is 1060. The molecule has 7 nitrogen and oxygen atoms in total. The molecule has 0 fully saturated rings. The molecule has 0 aliphatic heterocycles. The van der Waals surface area contributed by atoms with Crippen molar-refractivity contribution >= 4 is 34.8 Å². The number of rotatable bonds is 7. The number of carbonyl (C=O) groups excluding carboxylic acids is 1. The van der Waals surface area contributed by atoms with Crippen molar-refractivity contribution in [2.24, 2.45) is 0 Å². The van der Waals surface area contributed by atoms with Crippen LogP contribution in [0.15, 0.2) is 41.3 Å². The van der Waals surface area contributed by atoms with E-state index in [1.54, 1.807) is 30.3 Å². The summed E-state index contributed by atoms with van der Waals surface area (Å²) in [7, 11) is 0. The lowest BCUT2D eigenvalue weighted by molar-refractivity contribution is 0.0909. The molecule has 1 unspecified atom stereocenters. The van der Waals surface area contributed by atoms with Crippen LogP contribution in [0.4, 0.5) is 0 Å². The molecule has 0 bridgehead atoms. The maximum Gasteiger partial charge on any atom is 0.350 e. The maximum absolute atomic E-state index is 12.6. The Balaban J connectivity index is 1.81. The Hall–Kier alpha value is -2.35. The molecular formula is C19H20Cl2N4O3. The second kappa shape index (κ2) is 8.77. The minimum Gasteiger partial charge on any atom is -0.391 e. The van der Waals surface area contributed by atoms with Crippen LogP contribution in [0.1, 0.15) is 35.7 Å². The quantitative estimate of drug-likeness (QED) is 0.612. The molecule has 2 heterocycles. The zero-order chi connectivity index (χ0) is 20.3. The molecule has 148 valence electrons. The van der Waals surface area contributed by atoms with Crippen molar-refractivity contribution < 1.29 is 9.90 Å².